The number of carboxylic acid groups (broad SMARTS) is 1. The molecule has 24 heavy (non-hydrogen) atoms. The van der Waals surface area contributed by atoms with Crippen LogP contribution in [0.25, 0.3) is 0 Å². The summed E-state index contributed by atoms with van der Waals surface area (Å²) in [6.07, 6.45) is 0.911. The molecule has 1 amide bonds. The van der Waals surface area contributed by atoms with Crippen LogP contribution in [0.3, 0.4) is 0 Å². The second-order valence-electron chi connectivity index (χ2n) is 7.01. The maximum absolute atomic E-state index is 12.6. The van der Waals surface area contributed by atoms with E-state index in [0.29, 0.717) is 18.5 Å². The minimum absolute atomic E-state index is 0.0415. The Hall–Kier alpha value is -1.93. The van der Waals surface area contributed by atoms with E-state index >= 15 is 0 Å². The monoisotopic (exact) mass is 354 g/mol. The third-order valence-corrected chi connectivity index (χ3v) is 6.39. The molecule has 1 aliphatic rings. The molecule has 8 heteroatoms. The highest BCUT2D eigenvalue weighted by Crippen LogP contribution is 2.56. The fourth-order valence-electron chi connectivity index (χ4n) is 3.30. The highest BCUT2D eigenvalue weighted by Gasteiger charge is 2.58. The third-order valence-electron chi connectivity index (χ3n) is 5.47. The Morgan fingerprint density at radius 3 is 2.17 bits per heavy atom. The van der Waals surface area contributed by atoms with Crippen molar-refractivity contribution in [3.63, 3.8) is 0 Å². The van der Waals surface area contributed by atoms with E-state index in [1.807, 2.05) is 0 Å². The van der Waals surface area contributed by atoms with Crippen LogP contribution in [0.4, 0.5) is 5.69 Å². The summed E-state index contributed by atoms with van der Waals surface area (Å²) in [4.78, 5) is 24.1. The molecule has 0 bridgehead atoms. The molecule has 0 unspecified atom stereocenters. The lowest BCUT2D eigenvalue weighted by atomic mass is 9.65. The first-order valence-corrected chi connectivity index (χ1v) is 9.11. The van der Waals surface area contributed by atoms with Crippen molar-refractivity contribution in [1.29, 1.82) is 0 Å². The van der Waals surface area contributed by atoms with Crippen molar-refractivity contribution in [3.05, 3.63) is 24.3 Å². The van der Waals surface area contributed by atoms with Crippen molar-refractivity contribution >= 4 is 27.6 Å². The molecular weight excluding hydrogens is 332 g/mol. The summed E-state index contributed by atoms with van der Waals surface area (Å²) in [5.41, 5.74) is -1.23. The van der Waals surface area contributed by atoms with Gasteiger partial charge in [-0.25, -0.2) is 13.6 Å². The van der Waals surface area contributed by atoms with E-state index < -0.39 is 32.7 Å². The summed E-state index contributed by atoms with van der Waals surface area (Å²) < 4.78 is 22.5. The van der Waals surface area contributed by atoms with E-state index in [-0.39, 0.29) is 10.8 Å². The standard InChI is InChI=1S/C16H22N2O5S/c1-15(2)12(8-9-16(15,3)14(20)21)13(19)18-10-4-6-11(7-5-10)24(17,22)23/h4-7,12H,8-9H2,1-3H3,(H,18,19)(H,20,21)(H2,17,22,23)/t12-,16-/m1/s1. The number of nitrogens with two attached hydrogens (primary N) is 1. The molecule has 2 rings (SSSR count). The van der Waals surface area contributed by atoms with Gasteiger partial charge in [-0.15, -0.1) is 0 Å². The van der Waals surface area contributed by atoms with Gasteiger partial charge in [-0.2, -0.15) is 0 Å². The zero-order valence-corrected chi connectivity index (χ0v) is 14.7. The minimum Gasteiger partial charge on any atom is -0.481 e. The summed E-state index contributed by atoms with van der Waals surface area (Å²) in [5, 5.41) is 17.3. The normalized spacial score (nSPS) is 26.1. The molecule has 1 aromatic carbocycles. The topological polar surface area (TPSA) is 127 Å². The highest BCUT2D eigenvalue weighted by atomic mass is 32.2. The molecule has 0 spiro atoms. The molecule has 1 aliphatic carbocycles. The van der Waals surface area contributed by atoms with Crippen molar-refractivity contribution in [2.75, 3.05) is 5.32 Å². The third kappa shape index (κ3) is 3.03. The first-order chi connectivity index (χ1) is 10.9. The number of carbonyl (C=O) groups excluding carboxylic acids is 1. The number of aliphatic carboxylic acids is 1. The predicted molar refractivity (Wildman–Crippen MR) is 88.7 cm³/mol. The fraction of sp³-hybridized carbons (Fsp3) is 0.500. The Bertz CT molecular complexity index is 770. The van der Waals surface area contributed by atoms with Crippen LogP contribution in [-0.2, 0) is 19.6 Å². The number of rotatable bonds is 4. The quantitative estimate of drug-likeness (QED) is 0.760. The van der Waals surface area contributed by atoms with Crippen LogP contribution >= 0.6 is 0 Å². The molecule has 2 atom stereocenters. The highest BCUT2D eigenvalue weighted by molar-refractivity contribution is 7.89. The van der Waals surface area contributed by atoms with E-state index in [4.69, 9.17) is 5.14 Å². The van der Waals surface area contributed by atoms with Gasteiger partial charge in [-0.1, -0.05) is 13.8 Å². The molecule has 1 fully saturated rings. The van der Waals surface area contributed by atoms with E-state index in [0.717, 1.165) is 0 Å². The Kier molecular flexibility index (Phi) is 4.49. The van der Waals surface area contributed by atoms with Gasteiger partial charge >= 0.3 is 5.97 Å². The van der Waals surface area contributed by atoms with Gasteiger partial charge in [-0.3, -0.25) is 9.59 Å². The Morgan fingerprint density at radius 2 is 1.75 bits per heavy atom. The number of benzene rings is 1. The summed E-state index contributed by atoms with van der Waals surface area (Å²) in [5.74, 6) is -1.62. The minimum atomic E-state index is -3.79. The zero-order chi connectivity index (χ0) is 18.3. The number of hydrogen-bond donors (Lipinski definition) is 3. The molecule has 0 aromatic heterocycles. The van der Waals surface area contributed by atoms with Crippen molar-refractivity contribution in [1.82, 2.24) is 0 Å². The molecule has 7 nitrogen and oxygen atoms in total. The average molecular weight is 354 g/mol. The molecular formula is C16H22N2O5S. The number of hydrogen-bond acceptors (Lipinski definition) is 4. The van der Waals surface area contributed by atoms with Crippen LogP contribution in [0.15, 0.2) is 29.2 Å². The molecule has 0 heterocycles. The Balaban J connectivity index is 2.18. The Morgan fingerprint density at radius 1 is 1.21 bits per heavy atom. The van der Waals surface area contributed by atoms with Crippen LogP contribution in [0, 0.1) is 16.7 Å². The molecule has 0 aliphatic heterocycles. The largest absolute Gasteiger partial charge is 0.481 e. The van der Waals surface area contributed by atoms with Gasteiger partial charge in [0, 0.05) is 11.6 Å². The smallest absolute Gasteiger partial charge is 0.309 e. The van der Waals surface area contributed by atoms with Crippen molar-refractivity contribution < 1.29 is 23.1 Å². The lowest BCUT2D eigenvalue weighted by Crippen LogP contribution is -2.43. The van der Waals surface area contributed by atoms with Gasteiger partial charge in [0.25, 0.3) is 0 Å². The number of amides is 1. The van der Waals surface area contributed by atoms with Crippen LogP contribution in [0.1, 0.15) is 33.6 Å². The number of carbonyl (C=O) groups is 2. The van der Waals surface area contributed by atoms with Gasteiger partial charge < -0.3 is 10.4 Å². The van der Waals surface area contributed by atoms with Crippen LogP contribution < -0.4 is 10.5 Å². The molecule has 132 valence electrons. The van der Waals surface area contributed by atoms with Crippen LogP contribution in [0.5, 0.6) is 0 Å². The maximum atomic E-state index is 12.6. The first kappa shape index (κ1) is 18.4. The molecule has 4 N–H and O–H groups in total. The fourth-order valence-corrected chi connectivity index (χ4v) is 3.81. The maximum Gasteiger partial charge on any atom is 0.309 e. The van der Waals surface area contributed by atoms with Gasteiger partial charge in [0.1, 0.15) is 0 Å². The lowest BCUT2D eigenvalue weighted by Gasteiger charge is -2.37. The van der Waals surface area contributed by atoms with Gasteiger partial charge in [0.15, 0.2) is 0 Å². The van der Waals surface area contributed by atoms with Gasteiger partial charge in [0.05, 0.1) is 10.3 Å². The summed E-state index contributed by atoms with van der Waals surface area (Å²) >= 11 is 0. The Labute approximate surface area is 141 Å². The first-order valence-electron chi connectivity index (χ1n) is 7.57. The number of primary sulfonamides is 1. The van der Waals surface area contributed by atoms with E-state index in [2.05, 4.69) is 5.32 Å². The second-order valence-corrected chi connectivity index (χ2v) is 8.57. The summed E-state index contributed by atoms with van der Waals surface area (Å²) in [7, 11) is -3.79. The second kappa shape index (κ2) is 5.86. The number of anilines is 1. The van der Waals surface area contributed by atoms with Crippen LogP contribution in [-0.4, -0.2) is 25.4 Å². The van der Waals surface area contributed by atoms with Crippen LogP contribution in [0.2, 0.25) is 0 Å². The van der Waals surface area contributed by atoms with E-state index in [1.165, 1.54) is 24.3 Å². The van der Waals surface area contributed by atoms with E-state index in [9.17, 15) is 23.1 Å². The molecule has 0 saturated heterocycles. The average Bonchev–Trinajstić information content (AvgIpc) is 2.70. The summed E-state index contributed by atoms with van der Waals surface area (Å²) in [6.45, 7) is 5.26. The zero-order valence-electron chi connectivity index (χ0n) is 13.9. The molecule has 0 radical (unpaired) electrons. The van der Waals surface area contributed by atoms with Crippen molar-refractivity contribution in [2.24, 2.45) is 21.9 Å². The molecule has 1 aromatic rings. The van der Waals surface area contributed by atoms with Gasteiger partial charge in [-0.05, 0) is 49.4 Å². The van der Waals surface area contributed by atoms with E-state index in [1.54, 1.807) is 20.8 Å². The number of carboxylic acids is 1. The van der Waals surface area contributed by atoms with Crippen molar-refractivity contribution in [2.45, 2.75) is 38.5 Å². The number of sulfonamides is 1. The van der Waals surface area contributed by atoms with Gasteiger partial charge in [0.2, 0.25) is 15.9 Å². The molecule has 1 saturated carbocycles. The SMILES string of the molecule is CC1(C)[C@@H](C(=O)Nc2ccc(S(N)(=O)=O)cc2)CC[C@]1(C)C(=O)O. The predicted octanol–water partition coefficient (Wildman–Crippen LogP) is 1.80. The number of nitrogens with one attached hydrogen (secondary N) is 1. The lowest BCUT2D eigenvalue weighted by molar-refractivity contribution is -0.154. The van der Waals surface area contributed by atoms with Crippen molar-refractivity contribution in [3.8, 4) is 0 Å². The summed E-state index contributed by atoms with van der Waals surface area (Å²) in [6, 6.07) is 5.53.